The molecule has 3 N–H and O–H groups in total. The van der Waals surface area contributed by atoms with E-state index in [0.717, 1.165) is 12.8 Å². The second-order valence-electron chi connectivity index (χ2n) is 8.97. The summed E-state index contributed by atoms with van der Waals surface area (Å²) in [5.41, 5.74) is 6.19. The van der Waals surface area contributed by atoms with Gasteiger partial charge in [0.25, 0.3) is 0 Å². The molecule has 2 aliphatic rings. The quantitative estimate of drug-likeness (QED) is 0.842. The normalized spacial score (nSPS) is 22.6. The maximum atomic E-state index is 15.0. The van der Waals surface area contributed by atoms with Crippen LogP contribution in [0.1, 0.15) is 50.0 Å². The van der Waals surface area contributed by atoms with E-state index in [2.05, 4.69) is 13.8 Å². The lowest BCUT2D eigenvalue weighted by atomic mass is 9.78. The second-order valence-corrected chi connectivity index (χ2v) is 8.97. The molecule has 1 aromatic carbocycles. The second kappa shape index (κ2) is 6.30. The molecule has 2 heterocycles. The van der Waals surface area contributed by atoms with Crippen molar-refractivity contribution in [2.45, 2.75) is 45.7 Å². The van der Waals surface area contributed by atoms with Crippen LogP contribution in [0, 0.1) is 17.2 Å². The van der Waals surface area contributed by atoms with E-state index in [-0.39, 0.29) is 34.4 Å². The molecule has 7 heteroatoms. The Labute approximate surface area is 162 Å². The van der Waals surface area contributed by atoms with Gasteiger partial charge in [-0.25, -0.2) is 9.18 Å². The van der Waals surface area contributed by atoms with Gasteiger partial charge in [-0.3, -0.25) is 4.79 Å². The van der Waals surface area contributed by atoms with Gasteiger partial charge in [0.1, 0.15) is 11.4 Å². The first-order chi connectivity index (χ1) is 13.1. The highest BCUT2D eigenvalue weighted by atomic mass is 19.1. The first-order valence-electron chi connectivity index (χ1n) is 9.72. The van der Waals surface area contributed by atoms with Gasteiger partial charge >= 0.3 is 5.97 Å². The largest absolute Gasteiger partial charge is 0.477 e. The van der Waals surface area contributed by atoms with Crippen LogP contribution in [-0.2, 0) is 0 Å². The van der Waals surface area contributed by atoms with Crippen LogP contribution in [0.5, 0.6) is 0 Å². The molecule has 2 fully saturated rings. The van der Waals surface area contributed by atoms with Crippen molar-refractivity contribution in [3.05, 3.63) is 39.9 Å². The fourth-order valence-corrected chi connectivity index (χ4v) is 4.63. The molecule has 1 saturated heterocycles. The highest BCUT2D eigenvalue weighted by Crippen LogP contribution is 2.42. The smallest absolute Gasteiger partial charge is 0.341 e. The van der Waals surface area contributed by atoms with E-state index in [1.807, 2.05) is 16.4 Å². The van der Waals surface area contributed by atoms with Gasteiger partial charge in [0, 0.05) is 36.8 Å². The number of nitrogens with two attached hydrogens (primary N) is 1. The molecule has 0 amide bonds. The molecule has 4 rings (SSSR count). The maximum Gasteiger partial charge on any atom is 0.341 e. The number of nitrogens with zero attached hydrogens (tertiary/aromatic N) is 2. The van der Waals surface area contributed by atoms with E-state index < -0.39 is 17.2 Å². The Bertz CT molecular complexity index is 1020. The van der Waals surface area contributed by atoms with Crippen LogP contribution in [0.3, 0.4) is 0 Å². The molecular formula is C21H26FN3O3. The zero-order valence-electron chi connectivity index (χ0n) is 16.4. The Balaban J connectivity index is 1.87. The van der Waals surface area contributed by atoms with Crippen molar-refractivity contribution in [1.82, 2.24) is 4.57 Å². The number of pyridine rings is 1. The van der Waals surface area contributed by atoms with E-state index >= 15 is 4.39 Å². The molecular weight excluding hydrogens is 361 g/mol. The van der Waals surface area contributed by atoms with E-state index in [4.69, 9.17) is 5.73 Å². The third kappa shape index (κ3) is 2.98. The number of hydrogen-bond acceptors (Lipinski definition) is 4. The van der Waals surface area contributed by atoms with E-state index in [1.54, 1.807) is 6.07 Å². The lowest BCUT2D eigenvalue weighted by Gasteiger charge is -2.28. The first kappa shape index (κ1) is 18.9. The van der Waals surface area contributed by atoms with Crippen LogP contribution in [0.4, 0.5) is 10.1 Å². The Morgan fingerprint density at radius 1 is 1.36 bits per heavy atom. The highest BCUT2D eigenvalue weighted by Gasteiger charge is 2.42. The summed E-state index contributed by atoms with van der Waals surface area (Å²) in [4.78, 5) is 26.1. The number of halogens is 1. The lowest BCUT2D eigenvalue weighted by Crippen LogP contribution is -2.36. The van der Waals surface area contributed by atoms with Crippen molar-refractivity contribution in [2.24, 2.45) is 17.1 Å². The third-order valence-corrected chi connectivity index (χ3v) is 6.27. The van der Waals surface area contributed by atoms with Crippen LogP contribution in [0.25, 0.3) is 10.9 Å². The van der Waals surface area contributed by atoms with Crippen LogP contribution < -0.4 is 16.1 Å². The Morgan fingerprint density at radius 2 is 2.04 bits per heavy atom. The molecule has 6 nitrogen and oxygen atoms in total. The summed E-state index contributed by atoms with van der Waals surface area (Å²) in [7, 11) is 0. The number of aromatic carboxylic acids is 1. The lowest BCUT2D eigenvalue weighted by molar-refractivity contribution is 0.0695. The number of carbonyl (C=O) groups is 1. The predicted molar refractivity (Wildman–Crippen MR) is 107 cm³/mol. The number of carboxylic acid groups (broad SMARTS) is 1. The molecule has 28 heavy (non-hydrogen) atoms. The summed E-state index contributed by atoms with van der Waals surface area (Å²) in [6.07, 6.45) is 3.26. The van der Waals surface area contributed by atoms with Crippen molar-refractivity contribution < 1.29 is 14.3 Å². The molecule has 0 spiro atoms. The minimum atomic E-state index is -1.29. The molecule has 0 radical (unpaired) electrons. The standard InChI is InChI=1S/C21H26FN3O3/c1-11(23)15-9-24(10-21(15,2)3)18-7-17-13(6-16(18)22)19(26)14(20(27)28)8-25(17)12-4-5-12/h6-8,11-12,15H,4-5,9-10,23H2,1-3H3,(H,27,28). The number of hydrogen-bond donors (Lipinski definition) is 2. The third-order valence-electron chi connectivity index (χ3n) is 6.27. The number of aromatic nitrogens is 1. The molecule has 2 atom stereocenters. The molecule has 2 aromatic rings. The topological polar surface area (TPSA) is 88.6 Å². The molecule has 0 bridgehead atoms. The predicted octanol–water partition coefficient (Wildman–Crippen LogP) is 2.98. The zero-order valence-corrected chi connectivity index (χ0v) is 16.4. The monoisotopic (exact) mass is 387 g/mol. The van der Waals surface area contributed by atoms with E-state index in [9.17, 15) is 14.7 Å². The summed E-state index contributed by atoms with van der Waals surface area (Å²) in [6.45, 7) is 7.57. The van der Waals surface area contributed by atoms with E-state index in [1.165, 1.54) is 12.3 Å². The Morgan fingerprint density at radius 3 is 2.57 bits per heavy atom. The summed E-state index contributed by atoms with van der Waals surface area (Å²) < 4.78 is 16.9. The van der Waals surface area contributed by atoms with Crippen molar-refractivity contribution in [2.75, 3.05) is 18.0 Å². The molecule has 1 aliphatic heterocycles. The highest BCUT2D eigenvalue weighted by molar-refractivity contribution is 5.93. The van der Waals surface area contributed by atoms with Gasteiger partial charge in [0.15, 0.2) is 0 Å². The number of rotatable bonds is 4. The van der Waals surface area contributed by atoms with Crippen LogP contribution >= 0.6 is 0 Å². The Hall–Kier alpha value is -2.41. The van der Waals surface area contributed by atoms with Crippen molar-refractivity contribution in [1.29, 1.82) is 0 Å². The van der Waals surface area contributed by atoms with Gasteiger partial charge in [0.05, 0.1) is 11.2 Å². The van der Waals surface area contributed by atoms with Crippen LogP contribution in [0.2, 0.25) is 0 Å². The minimum absolute atomic E-state index is 0.00807. The van der Waals surface area contributed by atoms with E-state index in [0.29, 0.717) is 24.3 Å². The van der Waals surface area contributed by atoms with Gasteiger partial charge < -0.3 is 20.3 Å². The SMILES string of the molecule is CC(N)C1CN(c2cc3c(cc2F)c(=O)c(C(=O)O)cn3C2CC2)CC1(C)C. The average Bonchev–Trinajstić information content (AvgIpc) is 3.38. The van der Waals surface area contributed by atoms with Crippen LogP contribution in [0.15, 0.2) is 23.1 Å². The number of benzene rings is 1. The van der Waals surface area contributed by atoms with Crippen LogP contribution in [-0.4, -0.2) is 34.8 Å². The molecule has 2 unspecified atom stereocenters. The van der Waals surface area contributed by atoms with Gasteiger partial charge in [-0.15, -0.1) is 0 Å². The first-order valence-corrected chi connectivity index (χ1v) is 9.72. The number of anilines is 1. The zero-order chi connectivity index (χ0) is 20.4. The summed E-state index contributed by atoms with van der Waals surface area (Å²) in [5, 5.41) is 9.48. The van der Waals surface area contributed by atoms with Gasteiger partial charge in [-0.2, -0.15) is 0 Å². The van der Waals surface area contributed by atoms with Gasteiger partial charge in [-0.05, 0) is 43.2 Å². The maximum absolute atomic E-state index is 15.0. The summed E-state index contributed by atoms with van der Waals surface area (Å²) in [5.74, 6) is -1.56. The molecule has 1 aromatic heterocycles. The summed E-state index contributed by atoms with van der Waals surface area (Å²) >= 11 is 0. The molecule has 1 aliphatic carbocycles. The van der Waals surface area contributed by atoms with Crippen molar-refractivity contribution >= 4 is 22.6 Å². The van der Waals surface area contributed by atoms with Crippen molar-refractivity contribution in [3.8, 4) is 0 Å². The number of fused-ring (bicyclic) bond motifs is 1. The fourth-order valence-electron chi connectivity index (χ4n) is 4.63. The van der Waals surface area contributed by atoms with Gasteiger partial charge in [0.2, 0.25) is 5.43 Å². The molecule has 1 saturated carbocycles. The molecule has 150 valence electrons. The van der Waals surface area contributed by atoms with Gasteiger partial charge in [-0.1, -0.05) is 13.8 Å². The fraction of sp³-hybridized carbons (Fsp3) is 0.524. The van der Waals surface area contributed by atoms with Crippen molar-refractivity contribution in [3.63, 3.8) is 0 Å². The number of carboxylic acids is 1. The Kier molecular flexibility index (Phi) is 4.26. The average molecular weight is 387 g/mol. The summed E-state index contributed by atoms with van der Waals surface area (Å²) in [6, 6.07) is 3.05. The minimum Gasteiger partial charge on any atom is -0.477 e.